The van der Waals surface area contributed by atoms with Crippen LogP contribution in [-0.4, -0.2) is 27.0 Å². The van der Waals surface area contributed by atoms with Gasteiger partial charge in [0.2, 0.25) is 0 Å². The van der Waals surface area contributed by atoms with Crippen molar-refractivity contribution in [2.24, 2.45) is 11.7 Å². The van der Waals surface area contributed by atoms with Gasteiger partial charge in [-0.3, -0.25) is 0 Å². The summed E-state index contributed by atoms with van der Waals surface area (Å²) in [7, 11) is -1.19. The van der Waals surface area contributed by atoms with E-state index in [0.717, 1.165) is 13.2 Å². The maximum Gasteiger partial charge on any atom is 0.0818 e. The van der Waals surface area contributed by atoms with Crippen LogP contribution < -0.4 is 5.73 Å². The molecule has 0 aliphatic carbocycles. The van der Waals surface area contributed by atoms with Crippen molar-refractivity contribution in [2.45, 2.75) is 51.1 Å². The molecule has 2 nitrogen and oxygen atoms in total. The predicted molar refractivity (Wildman–Crippen MR) is 64.1 cm³/mol. The second-order valence-corrected chi connectivity index (χ2v) is 10.4. The van der Waals surface area contributed by atoms with Gasteiger partial charge in [-0.15, -0.1) is 0 Å². The smallest absolute Gasteiger partial charge is 0.0818 e. The summed E-state index contributed by atoms with van der Waals surface area (Å²) in [5, 5.41) is 0. The summed E-state index contributed by atoms with van der Waals surface area (Å²) in [4.78, 5) is 0. The monoisotopic (exact) mass is 215 g/mol. The summed E-state index contributed by atoms with van der Waals surface area (Å²) in [5.41, 5.74) is 6.28. The van der Waals surface area contributed by atoms with Crippen LogP contribution in [0.25, 0.3) is 0 Å². The van der Waals surface area contributed by atoms with Crippen molar-refractivity contribution >= 4 is 8.07 Å². The fourth-order valence-electron chi connectivity index (χ4n) is 2.47. The highest BCUT2D eigenvalue weighted by Crippen LogP contribution is 2.27. The van der Waals surface area contributed by atoms with E-state index in [-0.39, 0.29) is 0 Å². The van der Waals surface area contributed by atoms with Crippen molar-refractivity contribution in [3.05, 3.63) is 0 Å². The zero-order valence-electron chi connectivity index (χ0n) is 9.88. The van der Waals surface area contributed by atoms with Gasteiger partial charge in [-0.2, -0.15) is 0 Å². The van der Waals surface area contributed by atoms with Crippen LogP contribution in [0.5, 0.6) is 0 Å². The molecule has 0 aromatic rings. The Kier molecular flexibility index (Phi) is 4.61. The normalized spacial score (nSPS) is 26.1. The number of rotatable bonds is 4. The van der Waals surface area contributed by atoms with E-state index in [0.29, 0.717) is 11.6 Å². The molecule has 2 atom stereocenters. The molecule has 0 saturated carbocycles. The Morgan fingerprint density at radius 1 is 1.43 bits per heavy atom. The number of hydrogen-bond acceptors (Lipinski definition) is 2. The first-order valence-electron chi connectivity index (χ1n) is 5.88. The lowest BCUT2D eigenvalue weighted by atomic mass is 10.2. The van der Waals surface area contributed by atoms with Gasteiger partial charge in [0.05, 0.1) is 8.07 Å². The summed E-state index contributed by atoms with van der Waals surface area (Å²) in [6, 6.07) is 1.31. The van der Waals surface area contributed by atoms with Gasteiger partial charge in [0.25, 0.3) is 0 Å². The van der Waals surface area contributed by atoms with Gasteiger partial charge in [0.1, 0.15) is 0 Å². The maximum atomic E-state index is 5.91. The largest absolute Gasteiger partial charge is 0.382 e. The number of ether oxygens (including phenoxy) is 1. The first-order valence-corrected chi connectivity index (χ1v) is 9.16. The molecule has 1 aliphatic heterocycles. The fraction of sp³-hybridized carbons (Fsp3) is 1.00. The van der Waals surface area contributed by atoms with E-state index in [9.17, 15) is 0 Å². The lowest BCUT2D eigenvalue weighted by Gasteiger charge is -2.36. The first-order chi connectivity index (χ1) is 6.56. The first kappa shape index (κ1) is 12.2. The molecular formula is C11H25NOSi. The number of nitrogens with two attached hydrogens (primary N) is 1. The lowest BCUT2D eigenvalue weighted by molar-refractivity contribution is 0.0594. The van der Waals surface area contributed by atoms with Crippen molar-refractivity contribution in [1.82, 2.24) is 0 Å². The molecule has 1 heterocycles. The van der Waals surface area contributed by atoms with Crippen LogP contribution in [0.15, 0.2) is 0 Å². The SMILES string of the molecule is CC(CN)C[Si](C)(C)C1CCCCO1. The van der Waals surface area contributed by atoms with Gasteiger partial charge < -0.3 is 10.5 Å². The third kappa shape index (κ3) is 3.37. The minimum Gasteiger partial charge on any atom is -0.382 e. The molecule has 0 aromatic heterocycles. The third-order valence-corrected chi connectivity index (χ3v) is 7.28. The van der Waals surface area contributed by atoms with E-state index in [1.54, 1.807) is 0 Å². The van der Waals surface area contributed by atoms with Gasteiger partial charge in [-0.05, 0) is 31.7 Å². The Labute approximate surface area is 89.2 Å². The zero-order valence-corrected chi connectivity index (χ0v) is 10.9. The van der Waals surface area contributed by atoms with Crippen LogP contribution in [0.4, 0.5) is 0 Å². The molecule has 0 aromatic carbocycles. The molecule has 1 rings (SSSR count). The molecule has 2 N–H and O–H groups in total. The Hall–Kier alpha value is 0.137. The summed E-state index contributed by atoms with van der Waals surface area (Å²) in [6.45, 7) is 8.98. The molecule has 14 heavy (non-hydrogen) atoms. The molecule has 84 valence electrons. The van der Waals surface area contributed by atoms with Crippen LogP contribution in [0.1, 0.15) is 26.2 Å². The molecular weight excluding hydrogens is 190 g/mol. The third-order valence-electron chi connectivity index (χ3n) is 3.33. The Morgan fingerprint density at radius 3 is 2.64 bits per heavy atom. The predicted octanol–water partition coefficient (Wildman–Crippen LogP) is 2.40. The Bertz CT molecular complexity index is 167. The zero-order chi connectivity index (χ0) is 10.6. The van der Waals surface area contributed by atoms with Gasteiger partial charge in [0, 0.05) is 12.3 Å². The molecule has 0 amide bonds. The average molecular weight is 215 g/mol. The molecule has 1 fully saturated rings. The second-order valence-electron chi connectivity index (χ2n) is 5.39. The molecule has 0 radical (unpaired) electrons. The fourth-order valence-corrected chi connectivity index (χ4v) is 6.25. The highest BCUT2D eigenvalue weighted by Gasteiger charge is 2.34. The van der Waals surface area contributed by atoms with E-state index in [2.05, 4.69) is 20.0 Å². The minimum atomic E-state index is -1.19. The molecule has 2 unspecified atom stereocenters. The Morgan fingerprint density at radius 2 is 2.14 bits per heavy atom. The minimum absolute atomic E-state index is 0.588. The highest BCUT2D eigenvalue weighted by molar-refractivity contribution is 6.78. The van der Waals surface area contributed by atoms with Crippen molar-refractivity contribution in [1.29, 1.82) is 0 Å². The van der Waals surface area contributed by atoms with Gasteiger partial charge in [-0.1, -0.05) is 26.1 Å². The molecule has 0 spiro atoms. The Balaban J connectivity index is 2.45. The quantitative estimate of drug-likeness (QED) is 0.731. The van der Waals surface area contributed by atoms with Crippen molar-refractivity contribution in [2.75, 3.05) is 13.2 Å². The van der Waals surface area contributed by atoms with E-state index >= 15 is 0 Å². The van der Waals surface area contributed by atoms with Gasteiger partial charge in [0.15, 0.2) is 0 Å². The van der Waals surface area contributed by atoms with Crippen molar-refractivity contribution in [3.63, 3.8) is 0 Å². The van der Waals surface area contributed by atoms with Crippen LogP contribution >= 0.6 is 0 Å². The van der Waals surface area contributed by atoms with Crippen LogP contribution in [0.3, 0.4) is 0 Å². The lowest BCUT2D eigenvalue weighted by Crippen LogP contribution is -2.46. The molecule has 3 heteroatoms. The van der Waals surface area contributed by atoms with Crippen molar-refractivity contribution in [3.8, 4) is 0 Å². The summed E-state index contributed by atoms with van der Waals surface area (Å²) in [6.07, 6.45) is 3.90. The van der Waals surface area contributed by atoms with Crippen molar-refractivity contribution < 1.29 is 4.74 Å². The van der Waals surface area contributed by atoms with E-state index in [4.69, 9.17) is 10.5 Å². The highest BCUT2D eigenvalue weighted by atomic mass is 28.3. The standard InChI is InChI=1S/C11H25NOSi/c1-10(8-12)9-14(2,3)11-6-4-5-7-13-11/h10-11H,4-9,12H2,1-3H3. The molecule has 1 aliphatic rings. The van der Waals surface area contributed by atoms with Crippen LogP contribution in [0, 0.1) is 5.92 Å². The van der Waals surface area contributed by atoms with Gasteiger partial charge >= 0.3 is 0 Å². The summed E-state index contributed by atoms with van der Waals surface area (Å²) in [5.74, 6) is 0.669. The molecule has 1 saturated heterocycles. The van der Waals surface area contributed by atoms with E-state index in [1.165, 1.54) is 25.3 Å². The second kappa shape index (κ2) is 5.28. The van der Waals surface area contributed by atoms with Gasteiger partial charge in [-0.25, -0.2) is 0 Å². The van der Waals surface area contributed by atoms with Crippen LogP contribution in [0.2, 0.25) is 19.1 Å². The number of hydrogen-bond donors (Lipinski definition) is 1. The van der Waals surface area contributed by atoms with E-state index < -0.39 is 8.07 Å². The topological polar surface area (TPSA) is 35.2 Å². The summed E-state index contributed by atoms with van der Waals surface area (Å²) < 4.78 is 5.91. The van der Waals surface area contributed by atoms with E-state index in [1.807, 2.05) is 0 Å². The summed E-state index contributed by atoms with van der Waals surface area (Å²) >= 11 is 0. The average Bonchev–Trinajstić information content (AvgIpc) is 2.18. The maximum absolute atomic E-state index is 5.91. The van der Waals surface area contributed by atoms with Crippen LogP contribution in [-0.2, 0) is 4.74 Å². The molecule has 0 bridgehead atoms.